The molecule has 1 N–H and O–H groups in total. The zero-order valence-corrected chi connectivity index (χ0v) is 31.8. The molecule has 4 aromatic carbocycles. The minimum absolute atomic E-state index is 0. The van der Waals surface area contributed by atoms with Crippen LogP contribution in [0.3, 0.4) is 0 Å². The van der Waals surface area contributed by atoms with Gasteiger partial charge in [-0.05, 0) is 154 Å². The van der Waals surface area contributed by atoms with Crippen molar-refractivity contribution in [3.63, 3.8) is 0 Å². The highest BCUT2D eigenvalue weighted by molar-refractivity contribution is 6.01. The lowest BCUT2D eigenvalue weighted by Gasteiger charge is -2.30. The van der Waals surface area contributed by atoms with Crippen molar-refractivity contribution in [2.75, 3.05) is 0 Å². The van der Waals surface area contributed by atoms with Gasteiger partial charge in [0.2, 0.25) is 0 Å². The summed E-state index contributed by atoms with van der Waals surface area (Å²) in [6, 6.07) is 26.7. The fourth-order valence-corrected chi connectivity index (χ4v) is 9.18. The molecule has 4 heterocycles. The van der Waals surface area contributed by atoms with Gasteiger partial charge in [0.15, 0.2) is 0 Å². The number of rotatable bonds is 4. The van der Waals surface area contributed by atoms with E-state index in [4.69, 9.17) is 19.5 Å². The van der Waals surface area contributed by atoms with Crippen LogP contribution in [0.1, 0.15) is 92.1 Å². The third kappa shape index (κ3) is 6.45. The van der Waals surface area contributed by atoms with Gasteiger partial charge in [0.05, 0.1) is 28.8 Å². The number of nitrogens with one attached hydrogen (secondary N) is 1. The number of ether oxygens (including phenoxy) is 2. The molecule has 1 aromatic heterocycles. The first-order valence-electron chi connectivity index (χ1n) is 19.5. The summed E-state index contributed by atoms with van der Waals surface area (Å²) in [7, 11) is 0. The van der Waals surface area contributed by atoms with Crippen molar-refractivity contribution in [1.29, 1.82) is 0 Å². The number of hydrogen-bond acceptors (Lipinski definition) is 6. The molecule has 10 rings (SSSR count). The van der Waals surface area contributed by atoms with E-state index >= 15 is 0 Å². The van der Waals surface area contributed by atoms with Crippen molar-refractivity contribution in [1.82, 2.24) is 19.8 Å². The van der Waals surface area contributed by atoms with Gasteiger partial charge in [-0.25, -0.2) is 14.6 Å². The van der Waals surface area contributed by atoms with Crippen LogP contribution in [0.4, 0.5) is 15.3 Å². The molecule has 2 aliphatic carbocycles. The molecule has 9 heteroatoms. The van der Waals surface area contributed by atoms with Crippen LogP contribution in [0.5, 0.6) is 0 Å². The quantitative estimate of drug-likeness (QED) is 0.198. The summed E-state index contributed by atoms with van der Waals surface area (Å²) in [5, 5.41) is 2.35. The lowest BCUT2D eigenvalue weighted by Crippen LogP contribution is -2.45. The van der Waals surface area contributed by atoms with Crippen molar-refractivity contribution < 1.29 is 19.1 Å². The van der Waals surface area contributed by atoms with Gasteiger partial charge < -0.3 is 14.5 Å². The Morgan fingerprint density at radius 1 is 0.673 bits per heavy atom. The zero-order chi connectivity index (χ0) is 37.3. The Labute approximate surface area is 323 Å². The molecule has 55 heavy (non-hydrogen) atoms. The van der Waals surface area contributed by atoms with Gasteiger partial charge in [0.25, 0.3) is 0 Å². The summed E-state index contributed by atoms with van der Waals surface area (Å²) >= 11 is 0. The number of aromatic nitrogens is 2. The maximum atomic E-state index is 13.2. The molecule has 5 aromatic rings. The highest BCUT2D eigenvalue weighted by Crippen LogP contribution is 2.54. The number of piperidine rings is 2. The molecule has 0 bridgehead atoms. The minimum atomic E-state index is -0.537. The van der Waals surface area contributed by atoms with Crippen molar-refractivity contribution in [3.05, 3.63) is 84.2 Å². The van der Waals surface area contributed by atoms with E-state index in [1.54, 1.807) is 0 Å². The van der Waals surface area contributed by atoms with Gasteiger partial charge in [-0.15, -0.1) is 0 Å². The third-order valence-electron chi connectivity index (χ3n) is 11.8. The monoisotopic (exact) mass is 737 g/mol. The number of aromatic amines is 1. The lowest BCUT2D eigenvalue weighted by molar-refractivity contribution is 0.0173. The van der Waals surface area contributed by atoms with Crippen LogP contribution < -0.4 is 0 Å². The highest BCUT2D eigenvalue weighted by atomic mass is 16.6. The van der Waals surface area contributed by atoms with E-state index in [1.165, 1.54) is 27.5 Å². The molecular weight excluding hydrogens is 687 g/mol. The van der Waals surface area contributed by atoms with E-state index in [0.29, 0.717) is 11.8 Å². The summed E-state index contributed by atoms with van der Waals surface area (Å²) in [6.45, 7) is 11.5. The number of H-pyrrole nitrogens is 1. The topological polar surface area (TPSA) is 100 Å². The molecule has 0 spiro atoms. The molecule has 9 nitrogen and oxygen atoms in total. The highest BCUT2D eigenvalue weighted by Gasteiger charge is 2.57. The molecule has 3 aliphatic heterocycles. The molecule has 0 radical (unpaired) electrons. The Morgan fingerprint density at radius 2 is 1.20 bits per heavy atom. The van der Waals surface area contributed by atoms with Gasteiger partial charge >= 0.3 is 12.2 Å². The predicted octanol–water partition coefficient (Wildman–Crippen LogP) is 10.8. The fraction of sp³-hybridized carbons (Fsp3) is 0.435. The van der Waals surface area contributed by atoms with Crippen LogP contribution in [0.2, 0.25) is 0 Å². The molecule has 2 saturated carbocycles. The molecule has 284 valence electrons. The number of carbonyl (C=O) groups excluding carboxylic acids is 2. The van der Waals surface area contributed by atoms with Crippen LogP contribution in [0.15, 0.2) is 77.8 Å². The van der Waals surface area contributed by atoms with E-state index in [-0.39, 0.29) is 43.8 Å². The van der Waals surface area contributed by atoms with Gasteiger partial charge in [-0.1, -0.05) is 43.8 Å². The number of imidazole rings is 1. The van der Waals surface area contributed by atoms with Crippen LogP contribution in [0.25, 0.3) is 44.1 Å². The van der Waals surface area contributed by atoms with Crippen molar-refractivity contribution in [2.24, 2.45) is 16.8 Å². The van der Waals surface area contributed by atoms with Gasteiger partial charge in [0.1, 0.15) is 17.0 Å². The number of fused-ring (bicyclic) bond motifs is 5. The first kappa shape index (κ1) is 35.5. The van der Waals surface area contributed by atoms with Crippen LogP contribution >= 0.6 is 0 Å². The van der Waals surface area contributed by atoms with E-state index in [1.807, 2.05) is 51.3 Å². The Bertz CT molecular complexity index is 2420. The zero-order valence-electron chi connectivity index (χ0n) is 31.8. The number of nitrogens with zero attached hydrogens (tertiary/aromatic N) is 4. The number of carbonyl (C=O) groups is 2. The fourth-order valence-electron chi connectivity index (χ4n) is 9.18. The third-order valence-corrected chi connectivity index (χ3v) is 11.8. The number of amides is 2. The second kappa shape index (κ2) is 12.4. The van der Waals surface area contributed by atoms with Gasteiger partial charge in [-0.3, -0.25) is 14.8 Å². The number of aliphatic imine (C=N–C) groups is 1. The van der Waals surface area contributed by atoms with Gasteiger partial charge in [0, 0.05) is 24.2 Å². The van der Waals surface area contributed by atoms with Crippen molar-refractivity contribution in [3.8, 4) is 22.3 Å². The number of benzene rings is 4. The Hall–Kier alpha value is -5.18. The summed E-state index contributed by atoms with van der Waals surface area (Å²) in [5.74, 6) is 1.92. The molecule has 0 unspecified atom stereocenters. The standard InChI is InChI=1S/C45H47N5O4.CH4/c1-44(2,3)53-42(51)49-37-20-31(37)22-39(49)36-19-30-17-28(11-13-33(30)46-36)26-8-7-25-16-27(10-9-24(25)15-26)29-12-14-34-35(18-29)48-41(47-34)40-23-32-21-38(32)50(40)43(52)54-45(4,5)6;/h7-18,31-32,37-40H,19-23H2,1-6H3,(H,47,48);1H4/t31-,32-,37-,38-,39+,40+;/m1./s1. The SMILES string of the molecule is C.CC(C)(C)OC(=O)N1[C@@H]2C[C@@H]2C[C@H]1C1=Nc2ccc(-c3ccc4cc(-c5ccc6nc([C@@H]7C[C@H]8C[C@H]8N7C(=O)OC(C)(C)C)[nH]c6c5)ccc4c3)cc2C1. The van der Waals surface area contributed by atoms with Crippen LogP contribution in [-0.2, 0) is 15.9 Å². The minimum Gasteiger partial charge on any atom is -0.444 e. The normalized spacial score (nSPS) is 24.9. The smallest absolute Gasteiger partial charge is 0.411 e. The average Bonchev–Trinajstić information content (AvgIpc) is 3.77. The maximum Gasteiger partial charge on any atom is 0.411 e. The van der Waals surface area contributed by atoms with E-state index in [0.717, 1.165) is 71.5 Å². The maximum absolute atomic E-state index is 13.2. The Kier molecular flexibility index (Phi) is 8.02. The summed E-state index contributed by atoms with van der Waals surface area (Å²) in [5.41, 5.74) is 8.69. The molecule has 2 saturated heterocycles. The molecule has 6 atom stereocenters. The molecule has 4 fully saturated rings. The average molecular weight is 738 g/mol. The van der Waals surface area contributed by atoms with Gasteiger partial charge in [-0.2, -0.15) is 0 Å². The van der Waals surface area contributed by atoms with Crippen molar-refractivity contribution in [2.45, 2.75) is 116 Å². The molecule has 2 amide bonds. The van der Waals surface area contributed by atoms with Crippen molar-refractivity contribution >= 4 is 45.4 Å². The Morgan fingerprint density at radius 3 is 1.82 bits per heavy atom. The first-order valence-corrected chi connectivity index (χ1v) is 19.5. The van der Waals surface area contributed by atoms with E-state index < -0.39 is 11.2 Å². The second-order valence-electron chi connectivity index (χ2n) is 18.2. The number of likely N-dealkylation sites (tertiary alicyclic amines) is 2. The van der Waals surface area contributed by atoms with Crippen LogP contribution in [-0.4, -0.2) is 67.0 Å². The largest absolute Gasteiger partial charge is 0.444 e. The predicted molar refractivity (Wildman–Crippen MR) is 218 cm³/mol. The number of hydrogen-bond donors (Lipinski definition) is 1. The summed E-state index contributed by atoms with van der Waals surface area (Å²) < 4.78 is 11.6. The first-order chi connectivity index (χ1) is 25.7. The lowest BCUT2D eigenvalue weighted by atomic mass is 9.95. The second-order valence-corrected chi connectivity index (χ2v) is 18.2. The summed E-state index contributed by atoms with van der Waals surface area (Å²) in [4.78, 5) is 43.8. The summed E-state index contributed by atoms with van der Waals surface area (Å²) in [6.07, 6.45) is 4.31. The van der Waals surface area contributed by atoms with E-state index in [2.05, 4.69) is 77.8 Å². The molecule has 5 aliphatic rings. The molecular formula is C46H51N5O4. The van der Waals surface area contributed by atoms with Crippen LogP contribution in [0, 0.1) is 11.8 Å². The van der Waals surface area contributed by atoms with E-state index in [9.17, 15) is 9.59 Å². The Balaban J connectivity index is 0.00000397.